The second-order valence-electron chi connectivity index (χ2n) is 8.42. The Morgan fingerprint density at radius 3 is 2.64 bits per heavy atom. The molecule has 1 saturated heterocycles. The van der Waals surface area contributed by atoms with Crippen LogP contribution in [0.15, 0.2) is 41.3 Å². The molecule has 0 unspecified atom stereocenters. The van der Waals surface area contributed by atoms with Crippen molar-refractivity contribution in [3.8, 4) is 11.1 Å². The van der Waals surface area contributed by atoms with E-state index >= 15 is 0 Å². The van der Waals surface area contributed by atoms with E-state index in [0.717, 1.165) is 43.2 Å². The number of benzene rings is 1. The van der Waals surface area contributed by atoms with Crippen molar-refractivity contribution in [3.63, 3.8) is 0 Å². The molecule has 1 aromatic carbocycles. The molecule has 1 N–H and O–H groups in total. The molecule has 3 aromatic rings. The average Bonchev–Trinajstić information content (AvgIpc) is 3.12. The van der Waals surface area contributed by atoms with Crippen LogP contribution in [0.25, 0.3) is 16.9 Å². The predicted octanol–water partition coefficient (Wildman–Crippen LogP) is 2.86. The van der Waals surface area contributed by atoms with Crippen LogP contribution in [0.2, 0.25) is 0 Å². The van der Waals surface area contributed by atoms with Crippen molar-refractivity contribution in [2.75, 3.05) is 6.54 Å². The molecule has 3 fully saturated rings. The Bertz CT molecular complexity index is 1070. The summed E-state index contributed by atoms with van der Waals surface area (Å²) in [6.45, 7) is 2.03. The molecule has 2 aliphatic carbocycles. The standard InChI is InChI=1S/C21H23N5O.ClH/c27-20-18(13-4-2-1-3-5-13)12-25(11-16-9-17-8-15(16)10-22-17)21-23-19(14-6-7-14)24-26(20)21;/h1-5,12,14-17,22H,6-11H2;1H/t15-,16-,17-;/m1./s1. The van der Waals surface area contributed by atoms with Gasteiger partial charge in [-0.05, 0) is 49.6 Å². The lowest BCUT2D eigenvalue weighted by Gasteiger charge is -2.23. The number of piperidine rings is 1. The summed E-state index contributed by atoms with van der Waals surface area (Å²) >= 11 is 0. The van der Waals surface area contributed by atoms with Gasteiger partial charge in [-0.2, -0.15) is 9.50 Å². The molecule has 1 aliphatic heterocycles. The van der Waals surface area contributed by atoms with E-state index in [1.54, 1.807) is 4.52 Å². The van der Waals surface area contributed by atoms with Gasteiger partial charge in [0, 0.05) is 24.7 Å². The lowest BCUT2D eigenvalue weighted by atomic mass is 9.95. The third-order valence-electron chi connectivity index (χ3n) is 6.54. The largest absolute Gasteiger partial charge is 0.316 e. The van der Waals surface area contributed by atoms with E-state index in [1.165, 1.54) is 12.8 Å². The molecule has 3 heterocycles. The highest BCUT2D eigenvalue weighted by Crippen LogP contribution is 2.39. The summed E-state index contributed by atoms with van der Waals surface area (Å²) in [5.41, 5.74) is 1.58. The van der Waals surface area contributed by atoms with E-state index in [-0.39, 0.29) is 18.0 Å². The number of rotatable bonds is 4. The van der Waals surface area contributed by atoms with E-state index in [4.69, 9.17) is 4.98 Å². The summed E-state index contributed by atoms with van der Waals surface area (Å²) in [6, 6.07) is 10.6. The summed E-state index contributed by atoms with van der Waals surface area (Å²) in [5, 5.41) is 8.19. The quantitative estimate of drug-likeness (QED) is 0.735. The lowest BCUT2D eigenvalue weighted by molar-refractivity contribution is 0.312. The van der Waals surface area contributed by atoms with Crippen molar-refractivity contribution in [1.82, 2.24) is 24.5 Å². The van der Waals surface area contributed by atoms with Crippen molar-refractivity contribution in [3.05, 3.63) is 52.7 Å². The molecular weight excluding hydrogens is 374 g/mol. The minimum Gasteiger partial charge on any atom is -0.316 e. The highest BCUT2D eigenvalue weighted by Gasteiger charge is 2.39. The van der Waals surface area contributed by atoms with Gasteiger partial charge in [-0.25, -0.2) is 0 Å². The summed E-state index contributed by atoms with van der Waals surface area (Å²) in [7, 11) is 0. The minimum atomic E-state index is -0.0681. The Morgan fingerprint density at radius 1 is 1.14 bits per heavy atom. The molecule has 2 saturated carbocycles. The van der Waals surface area contributed by atoms with Crippen LogP contribution in [-0.2, 0) is 6.54 Å². The van der Waals surface area contributed by atoms with Gasteiger partial charge in [0.2, 0.25) is 5.78 Å². The zero-order valence-electron chi connectivity index (χ0n) is 15.6. The second kappa shape index (κ2) is 6.71. The normalized spacial score (nSPS) is 25.9. The zero-order chi connectivity index (χ0) is 18.0. The van der Waals surface area contributed by atoms with Gasteiger partial charge in [-0.3, -0.25) is 4.79 Å². The summed E-state index contributed by atoms with van der Waals surface area (Å²) in [6.07, 6.45) is 6.78. The molecule has 6 rings (SSSR count). The maximum Gasteiger partial charge on any atom is 0.283 e. The van der Waals surface area contributed by atoms with Gasteiger partial charge in [0.05, 0.1) is 5.56 Å². The van der Waals surface area contributed by atoms with Gasteiger partial charge in [-0.15, -0.1) is 17.5 Å². The van der Waals surface area contributed by atoms with E-state index < -0.39 is 0 Å². The fourth-order valence-corrected chi connectivity index (χ4v) is 4.91. The smallest absolute Gasteiger partial charge is 0.283 e. The summed E-state index contributed by atoms with van der Waals surface area (Å²) < 4.78 is 3.73. The third-order valence-corrected chi connectivity index (χ3v) is 6.54. The van der Waals surface area contributed by atoms with Crippen LogP contribution in [0.5, 0.6) is 0 Å². The molecule has 0 amide bonds. The van der Waals surface area contributed by atoms with Crippen LogP contribution >= 0.6 is 12.4 Å². The van der Waals surface area contributed by atoms with Crippen molar-refractivity contribution < 1.29 is 0 Å². The lowest BCUT2D eigenvalue weighted by Crippen LogP contribution is -2.32. The number of hydrogen-bond donors (Lipinski definition) is 1. The molecule has 7 heteroatoms. The van der Waals surface area contributed by atoms with Gasteiger partial charge >= 0.3 is 0 Å². The average molecular weight is 398 g/mol. The third kappa shape index (κ3) is 2.86. The monoisotopic (exact) mass is 397 g/mol. The Balaban J connectivity index is 0.00000171. The second-order valence-corrected chi connectivity index (χ2v) is 8.42. The van der Waals surface area contributed by atoms with Gasteiger partial charge in [0.15, 0.2) is 5.82 Å². The van der Waals surface area contributed by atoms with Gasteiger partial charge in [-0.1, -0.05) is 30.3 Å². The molecule has 6 nitrogen and oxygen atoms in total. The molecule has 0 radical (unpaired) electrons. The first-order valence-corrected chi connectivity index (χ1v) is 10.0. The van der Waals surface area contributed by atoms with E-state index in [2.05, 4.69) is 15.0 Å². The first-order valence-electron chi connectivity index (χ1n) is 10.0. The number of aromatic nitrogens is 4. The van der Waals surface area contributed by atoms with Crippen molar-refractivity contribution >= 4 is 18.2 Å². The SMILES string of the molecule is Cl.O=c1c(-c2ccccc2)cn(C[C@H]2C[C@H]3C[C@@H]2CN3)c2nc(C3CC3)nn12. The fourth-order valence-electron chi connectivity index (χ4n) is 4.91. The molecule has 2 bridgehead atoms. The van der Waals surface area contributed by atoms with E-state index in [1.807, 2.05) is 36.5 Å². The van der Waals surface area contributed by atoms with Crippen LogP contribution in [0, 0.1) is 11.8 Å². The van der Waals surface area contributed by atoms with Crippen molar-refractivity contribution in [2.24, 2.45) is 11.8 Å². The van der Waals surface area contributed by atoms with Gasteiger partial charge in [0.25, 0.3) is 5.56 Å². The van der Waals surface area contributed by atoms with Gasteiger partial charge in [0.1, 0.15) is 0 Å². The van der Waals surface area contributed by atoms with Crippen LogP contribution in [0.4, 0.5) is 0 Å². The van der Waals surface area contributed by atoms with Crippen molar-refractivity contribution in [2.45, 2.75) is 44.2 Å². The highest BCUT2D eigenvalue weighted by molar-refractivity contribution is 5.85. The topological polar surface area (TPSA) is 64.2 Å². The fraction of sp³-hybridized carbons (Fsp3) is 0.476. The van der Waals surface area contributed by atoms with Gasteiger partial charge < -0.3 is 9.88 Å². The first kappa shape index (κ1) is 17.9. The molecule has 0 spiro atoms. The number of nitrogens with one attached hydrogen (secondary N) is 1. The first-order chi connectivity index (χ1) is 13.3. The Hall–Kier alpha value is -2.18. The Labute approximate surface area is 169 Å². The van der Waals surface area contributed by atoms with Crippen LogP contribution in [0.1, 0.15) is 37.4 Å². The molecule has 3 atom stereocenters. The van der Waals surface area contributed by atoms with Crippen LogP contribution in [0.3, 0.4) is 0 Å². The minimum absolute atomic E-state index is 0. The molecule has 3 aliphatic rings. The van der Waals surface area contributed by atoms with Crippen LogP contribution in [-0.4, -0.2) is 31.8 Å². The number of fused-ring (bicyclic) bond motifs is 3. The Kier molecular flexibility index (Phi) is 4.29. The summed E-state index contributed by atoms with van der Waals surface area (Å²) in [5.74, 6) is 3.36. The molecule has 146 valence electrons. The highest BCUT2D eigenvalue weighted by atomic mass is 35.5. The predicted molar refractivity (Wildman–Crippen MR) is 110 cm³/mol. The van der Waals surface area contributed by atoms with Crippen molar-refractivity contribution in [1.29, 1.82) is 0 Å². The molecule has 28 heavy (non-hydrogen) atoms. The van der Waals surface area contributed by atoms with E-state index in [9.17, 15) is 4.79 Å². The van der Waals surface area contributed by atoms with Crippen LogP contribution < -0.4 is 10.9 Å². The summed E-state index contributed by atoms with van der Waals surface area (Å²) in [4.78, 5) is 17.9. The maximum absolute atomic E-state index is 13.1. The molecule has 2 aromatic heterocycles. The molecular formula is C21H24ClN5O. The number of halogens is 1. The number of hydrogen-bond acceptors (Lipinski definition) is 4. The Morgan fingerprint density at radius 2 is 1.96 bits per heavy atom. The number of nitrogens with zero attached hydrogens (tertiary/aromatic N) is 4. The zero-order valence-corrected chi connectivity index (χ0v) is 16.4. The maximum atomic E-state index is 13.1. The van der Waals surface area contributed by atoms with E-state index in [0.29, 0.717) is 29.2 Å².